The summed E-state index contributed by atoms with van der Waals surface area (Å²) in [4.78, 5) is 0. The van der Waals surface area contributed by atoms with Crippen LogP contribution >= 0.6 is 0 Å². The molecule has 1 aromatic heterocycles. The van der Waals surface area contributed by atoms with E-state index in [1.807, 2.05) is 30.3 Å². The molecular weight excluding hydrogens is 300 g/mol. The number of nitrogens with one attached hydrogen (secondary N) is 2. The van der Waals surface area contributed by atoms with Gasteiger partial charge < -0.3 is 5.32 Å². The Kier molecular flexibility index (Phi) is 5.71. The molecule has 22 heavy (non-hydrogen) atoms. The van der Waals surface area contributed by atoms with Crippen LogP contribution in [0.2, 0.25) is 0 Å². The molecule has 7 heteroatoms. The minimum atomic E-state index is -3.44. The molecule has 2 rings (SSSR count). The molecule has 0 bridgehead atoms. The third-order valence-corrected chi connectivity index (χ3v) is 4.24. The van der Waals surface area contributed by atoms with E-state index in [2.05, 4.69) is 27.2 Å². The third-order valence-electron chi connectivity index (χ3n) is 2.98. The molecule has 0 aliphatic rings. The largest absolute Gasteiger partial charge is 0.369 e. The molecule has 1 aromatic carbocycles. The lowest BCUT2D eigenvalue weighted by Crippen LogP contribution is -2.19. The Morgan fingerprint density at radius 1 is 1.00 bits per heavy atom. The zero-order valence-corrected chi connectivity index (χ0v) is 13.3. The lowest BCUT2D eigenvalue weighted by molar-refractivity contribution is 0.600. The number of rotatable bonds is 8. The first-order valence-electron chi connectivity index (χ1n) is 7.21. The summed E-state index contributed by atoms with van der Waals surface area (Å²) in [6, 6.07) is 12.8. The van der Waals surface area contributed by atoms with Crippen molar-refractivity contribution >= 4 is 21.7 Å². The first-order chi connectivity index (χ1) is 10.6. The van der Waals surface area contributed by atoms with Crippen LogP contribution in [-0.4, -0.2) is 30.9 Å². The lowest BCUT2D eigenvalue weighted by atomic mass is 10.2. The Labute approximate surface area is 131 Å². The number of hydrogen-bond acceptors (Lipinski definition) is 5. The van der Waals surface area contributed by atoms with E-state index in [1.165, 1.54) is 0 Å². The molecule has 0 atom stereocenters. The van der Waals surface area contributed by atoms with Gasteiger partial charge in [0.2, 0.25) is 10.0 Å². The maximum absolute atomic E-state index is 12.0. The summed E-state index contributed by atoms with van der Waals surface area (Å²) in [7, 11) is -3.44. The van der Waals surface area contributed by atoms with Crippen molar-refractivity contribution in [2.24, 2.45) is 0 Å². The number of aryl methyl sites for hydroxylation is 1. The van der Waals surface area contributed by atoms with E-state index in [4.69, 9.17) is 0 Å². The third kappa shape index (κ3) is 5.33. The van der Waals surface area contributed by atoms with Crippen molar-refractivity contribution in [3.8, 4) is 0 Å². The van der Waals surface area contributed by atoms with Crippen LogP contribution in [0.25, 0.3) is 0 Å². The maximum atomic E-state index is 12.0. The van der Waals surface area contributed by atoms with Gasteiger partial charge in [-0.15, -0.1) is 10.2 Å². The van der Waals surface area contributed by atoms with Gasteiger partial charge in [-0.1, -0.05) is 37.3 Å². The van der Waals surface area contributed by atoms with Crippen LogP contribution in [-0.2, 0) is 16.4 Å². The summed E-state index contributed by atoms with van der Waals surface area (Å²) in [6.07, 6.45) is 1.44. The fourth-order valence-corrected chi connectivity index (χ4v) is 2.88. The number of benzene rings is 1. The Morgan fingerprint density at radius 2 is 1.68 bits per heavy atom. The van der Waals surface area contributed by atoms with Crippen molar-refractivity contribution in [2.45, 2.75) is 19.8 Å². The van der Waals surface area contributed by atoms with Crippen LogP contribution in [0.4, 0.5) is 11.6 Å². The van der Waals surface area contributed by atoms with Gasteiger partial charge in [-0.05, 0) is 30.5 Å². The molecule has 0 saturated heterocycles. The van der Waals surface area contributed by atoms with Crippen LogP contribution in [0.15, 0.2) is 42.5 Å². The zero-order valence-electron chi connectivity index (χ0n) is 12.5. The molecular formula is C15H20N4O2S. The van der Waals surface area contributed by atoms with Crippen LogP contribution in [0, 0.1) is 0 Å². The highest BCUT2D eigenvalue weighted by molar-refractivity contribution is 7.92. The highest BCUT2D eigenvalue weighted by Gasteiger charge is 2.11. The predicted molar refractivity (Wildman–Crippen MR) is 88.4 cm³/mol. The van der Waals surface area contributed by atoms with Gasteiger partial charge in [0.05, 0.1) is 5.75 Å². The molecule has 0 aliphatic carbocycles. The fraction of sp³-hybridized carbons (Fsp3) is 0.333. The number of sulfonamides is 1. The predicted octanol–water partition coefficient (Wildman–Crippen LogP) is 2.28. The summed E-state index contributed by atoms with van der Waals surface area (Å²) in [5.74, 6) is 0.873. The summed E-state index contributed by atoms with van der Waals surface area (Å²) >= 11 is 0. The number of aromatic nitrogens is 2. The van der Waals surface area contributed by atoms with Crippen molar-refractivity contribution in [3.05, 3.63) is 48.0 Å². The minimum absolute atomic E-state index is 0.00846. The molecule has 0 amide bonds. The molecule has 0 spiro atoms. The molecule has 6 nitrogen and oxygen atoms in total. The van der Waals surface area contributed by atoms with Gasteiger partial charge in [0.1, 0.15) is 5.82 Å². The maximum Gasteiger partial charge on any atom is 0.234 e. The quantitative estimate of drug-likeness (QED) is 0.779. The second-order valence-electron chi connectivity index (χ2n) is 4.89. The van der Waals surface area contributed by atoms with Gasteiger partial charge in [-0.3, -0.25) is 4.72 Å². The summed E-state index contributed by atoms with van der Waals surface area (Å²) in [5, 5.41) is 10.9. The average molecular weight is 320 g/mol. The molecule has 0 fully saturated rings. The van der Waals surface area contributed by atoms with Crippen LogP contribution in [0.1, 0.15) is 18.9 Å². The first-order valence-corrected chi connectivity index (χ1v) is 8.86. The molecule has 0 radical (unpaired) electrons. The number of hydrogen-bond donors (Lipinski definition) is 2. The Bertz CT molecular complexity index is 672. The topological polar surface area (TPSA) is 84.0 Å². The van der Waals surface area contributed by atoms with E-state index in [9.17, 15) is 8.42 Å². The SMILES string of the molecule is CCCNc1ccc(NS(=O)(=O)CCc2ccccc2)nn1. The van der Waals surface area contributed by atoms with E-state index < -0.39 is 10.0 Å². The summed E-state index contributed by atoms with van der Waals surface area (Å²) in [5.41, 5.74) is 0.984. The van der Waals surface area contributed by atoms with E-state index >= 15 is 0 Å². The monoisotopic (exact) mass is 320 g/mol. The Balaban J connectivity index is 1.91. The molecule has 1 heterocycles. The van der Waals surface area contributed by atoms with Gasteiger partial charge in [0.15, 0.2) is 5.82 Å². The van der Waals surface area contributed by atoms with Gasteiger partial charge in [0, 0.05) is 6.54 Å². The van der Waals surface area contributed by atoms with Crippen LogP contribution in [0.5, 0.6) is 0 Å². The zero-order chi connectivity index (χ0) is 15.8. The van der Waals surface area contributed by atoms with E-state index in [0.717, 1.165) is 18.5 Å². The minimum Gasteiger partial charge on any atom is -0.369 e. The number of nitrogens with zero attached hydrogens (tertiary/aromatic N) is 2. The van der Waals surface area contributed by atoms with E-state index in [0.29, 0.717) is 12.2 Å². The normalized spacial score (nSPS) is 11.1. The van der Waals surface area contributed by atoms with Gasteiger partial charge in [-0.25, -0.2) is 8.42 Å². The van der Waals surface area contributed by atoms with E-state index in [-0.39, 0.29) is 11.6 Å². The number of anilines is 2. The fourth-order valence-electron chi connectivity index (χ4n) is 1.84. The smallest absolute Gasteiger partial charge is 0.234 e. The lowest BCUT2D eigenvalue weighted by Gasteiger charge is -2.08. The summed E-state index contributed by atoms with van der Waals surface area (Å²) in [6.45, 7) is 2.85. The van der Waals surface area contributed by atoms with Crippen molar-refractivity contribution in [2.75, 3.05) is 22.3 Å². The second-order valence-corrected chi connectivity index (χ2v) is 6.73. The Morgan fingerprint density at radius 3 is 2.32 bits per heavy atom. The molecule has 0 aliphatic heterocycles. The van der Waals surface area contributed by atoms with Crippen molar-refractivity contribution in [1.29, 1.82) is 0 Å². The van der Waals surface area contributed by atoms with Crippen LogP contribution < -0.4 is 10.0 Å². The average Bonchev–Trinajstić information content (AvgIpc) is 2.53. The van der Waals surface area contributed by atoms with Crippen molar-refractivity contribution < 1.29 is 8.42 Å². The van der Waals surface area contributed by atoms with Gasteiger partial charge in [-0.2, -0.15) is 0 Å². The van der Waals surface area contributed by atoms with Crippen molar-refractivity contribution in [3.63, 3.8) is 0 Å². The molecule has 2 N–H and O–H groups in total. The van der Waals surface area contributed by atoms with Gasteiger partial charge >= 0.3 is 0 Å². The second kappa shape index (κ2) is 7.74. The standard InChI is InChI=1S/C15H20N4O2S/c1-2-11-16-14-8-9-15(18-17-14)19-22(20,21)12-10-13-6-4-3-5-7-13/h3-9H,2,10-12H2,1H3,(H,16,17)(H,18,19). The van der Waals surface area contributed by atoms with Crippen molar-refractivity contribution in [1.82, 2.24) is 10.2 Å². The molecule has 118 valence electrons. The highest BCUT2D eigenvalue weighted by atomic mass is 32.2. The van der Waals surface area contributed by atoms with Gasteiger partial charge in [0.25, 0.3) is 0 Å². The van der Waals surface area contributed by atoms with Crippen LogP contribution in [0.3, 0.4) is 0 Å². The summed E-state index contributed by atoms with van der Waals surface area (Å²) < 4.78 is 26.5. The molecule has 0 unspecified atom stereocenters. The Hall–Kier alpha value is -2.15. The van der Waals surface area contributed by atoms with E-state index in [1.54, 1.807) is 12.1 Å². The molecule has 0 saturated carbocycles. The first kappa shape index (κ1) is 16.2. The molecule has 2 aromatic rings. The highest BCUT2D eigenvalue weighted by Crippen LogP contribution is 2.09.